The molecular weight excluding hydrogens is 841 g/mol. The number of allylic oxidation sites excluding steroid dienone is 6. The van der Waals surface area contributed by atoms with E-state index >= 15 is 0 Å². The van der Waals surface area contributed by atoms with Crippen LogP contribution in [0.4, 0.5) is 0 Å². The van der Waals surface area contributed by atoms with Crippen molar-refractivity contribution < 1.29 is 28.6 Å². The van der Waals surface area contributed by atoms with Crippen molar-refractivity contribution in [3.05, 3.63) is 36.5 Å². The second kappa shape index (κ2) is 57.2. The summed E-state index contributed by atoms with van der Waals surface area (Å²) in [5.74, 6) is -0.871. The molecule has 6 heteroatoms. The van der Waals surface area contributed by atoms with E-state index in [0.29, 0.717) is 19.3 Å². The summed E-state index contributed by atoms with van der Waals surface area (Å²) in [6.45, 7) is 6.63. The van der Waals surface area contributed by atoms with Crippen LogP contribution in [0.5, 0.6) is 0 Å². The van der Waals surface area contributed by atoms with Gasteiger partial charge in [-0.1, -0.05) is 282 Å². The third-order valence-electron chi connectivity index (χ3n) is 13.4. The lowest BCUT2D eigenvalue weighted by molar-refractivity contribution is -0.167. The summed E-state index contributed by atoms with van der Waals surface area (Å²) >= 11 is 0. The number of ether oxygens (including phenoxy) is 3. The van der Waals surface area contributed by atoms with Crippen LogP contribution in [0.15, 0.2) is 36.5 Å². The molecule has 0 aromatic heterocycles. The maximum Gasteiger partial charge on any atom is 0.306 e. The largest absolute Gasteiger partial charge is 0.462 e. The number of rotatable bonds is 55. The molecule has 1 atom stereocenters. The Morgan fingerprint density at radius 3 is 0.824 bits per heavy atom. The second-order valence-electron chi connectivity index (χ2n) is 20.3. The molecule has 68 heavy (non-hydrogen) atoms. The van der Waals surface area contributed by atoms with E-state index in [4.69, 9.17) is 14.2 Å². The van der Waals surface area contributed by atoms with Crippen LogP contribution in [-0.2, 0) is 28.6 Å². The molecule has 0 amide bonds. The Morgan fingerprint density at radius 1 is 0.294 bits per heavy atom. The van der Waals surface area contributed by atoms with Gasteiger partial charge in [0.2, 0.25) is 0 Å². The molecular formula is C62H114O6. The van der Waals surface area contributed by atoms with E-state index in [1.807, 2.05) is 0 Å². The highest BCUT2D eigenvalue weighted by molar-refractivity contribution is 5.71. The van der Waals surface area contributed by atoms with Gasteiger partial charge in [-0.3, -0.25) is 14.4 Å². The zero-order chi connectivity index (χ0) is 49.3. The van der Waals surface area contributed by atoms with Gasteiger partial charge in [0.05, 0.1) is 0 Å². The van der Waals surface area contributed by atoms with Crippen molar-refractivity contribution in [2.75, 3.05) is 13.2 Å². The minimum atomic E-state index is -0.772. The Labute approximate surface area is 423 Å². The zero-order valence-corrected chi connectivity index (χ0v) is 45.6. The molecule has 0 radical (unpaired) electrons. The molecule has 398 valence electrons. The normalized spacial score (nSPS) is 12.2. The molecule has 6 nitrogen and oxygen atoms in total. The highest BCUT2D eigenvalue weighted by Crippen LogP contribution is 2.17. The zero-order valence-electron chi connectivity index (χ0n) is 45.6. The van der Waals surface area contributed by atoms with Crippen molar-refractivity contribution in [3.8, 4) is 0 Å². The van der Waals surface area contributed by atoms with Crippen LogP contribution in [0.3, 0.4) is 0 Å². The van der Waals surface area contributed by atoms with Crippen molar-refractivity contribution in [1.82, 2.24) is 0 Å². The topological polar surface area (TPSA) is 78.9 Å². The third kappa shape index (κ3) is 54.6. The highest BCUT2D eigenvalue weighted by Gasteiger charge is 2.19. The molecule has 0 fully saturated rings. The number of esters is 3. The Hall–Kier alpha value is -2.37. The smallest absolute Gasteiger partial charge is 0.306 e. The van der Waals surface area contributed by atoms with Gasteiger partial charge in [0.25, 0.3) is 0 Å². The highest BCUT2D eigenvalue weighted by atomic mass is 16.6. The summed E-state index contributed by atoms with van der Waals surface area (Å²) in [6, 6.07) is 0. The molecule has 0 aliphatic rings. The van der Waals surface area contributed by atoms with Crippen LogP contribution >= 0.6 is 0 Å². The lowest BCUT2D eigenvalue weighted by Crippen LogP contribution is -2.30. The molecule has 0 bridgehead atoms. The fraction of sp³-hybridized carbons (Fsp3) is 0.855. The molecule has 0 saturated heterocycles. The summed E-state index contributed by atoms with van der Waals surface area (Å²) in [6.07, 6.45) is 68.7. The molecule has 0 aliphatic heterocycles. The monoisotopic (exact) mass is 955 g/mol. The van der Waals surface area contributed by atoms with Crippen molar-refractivity contribution in [1.29, 1.82) is 0 Å². The van der Waals surface area contributed by atoms with Crippen molar-refractivity contribution >= 4 is 17.9 Å². The summed E-state index contributed by atoms with van der Waals surface area (Å²) in [5.41, 5.74) is 0. The van der Waals surface area contributed by atoms with Gasteiger partial charge in [0, 0.05) is 19.3 Å². The second-order valence-corrected chi connectivity index (χ2v) is 20.3. The van der Waals surface area contributed by atoms with Gasteiger partial charge >= 0.3 is 17.9 Å². The first-order valence-corrected chi connectivity index (χ1v) is 30.0. The molecule has 0 spiro atoms. The summed E-state index contributed by atoms with van der Waals surface area (Å²) < 4.78 is 16.8. The fourth-order valence-electron chi connectivity index (χ4n) is 8.86. The van der Waals surface area contributed by atoms with Gasteiger partial charge in [-0.15, -0.1) is 0 Å². The minimum Gasteiger partial charge on any atom is -0.462 e. The number of hydrogen-bond donors (Lipinski definition) is 0. The molecule has 0 N–H and O–H groups in total. The van der Waals surface area contributed by atoms with E-state index in [9.17, 15) is 14.4 Å². The first-order valence-electron chi connectivity index (χ1n) is 30.0. The Balaban J connectivity index is 4.21. The number of unbranched alkanes of at least 4 members (excludes halogenated alkanes) is 38. The van der Waals surface area contributed by atoms with E-state index in [-0.39, 0.29) is 31.1 Å². The van der Waals surface area contributed by atoms with Crippen LogP contribution in [0.25, 0.3) is 0 Å². The standard InChI is InChI=1S/C62H114O6/c1-4-7-10-13-16-19-21-23-25-27-29-31-33-35-37-39-41-43-46-49-52-55-61(64)67-58-59(57-66-60(63)54-51-48-45-18-15-12-9-6-3)68-62(65)56-53-50-47-44-42-40-38-36-34-32-30-28-26-24-22-20-17-14-11-8-5-2/h21,23,27,29,33,35,59H,4-20,22,24-26,28,30-32,34,36-58H2,1-3H3/b23-21-,29-27-,35-33-. The molecule has 0 heterocycles. The van der Waals surface area contributed by atoms with Crippen molar-refractivity contribution in [2.45, 2.75) is 329 Å². The van der Waals surface area contributed by atoms with E-state index < -0.39 is 6.10 Å². The number of hydrogen-bond acceptors (Lipinski definition) is 6. The predicted molar refractivity (Wildman–Crippen MR) is 293 cm³/mol. The van der Waals surface area contributed by atoms with Crippen LogP contribution in [0.2, 0.25) is 0 Å². The van der Waals surface area contributed by atoms with Gasteiger partial charge in [0.15, 0.2) is 6.10 Å². The average molecular weight is 956 g/mol. The SMILES string of the molecule is CCCCCCC/C=C\C/C=C\C/C=C\CCCCCCCCC(=O)OCC(COC(=O)CCCCCCCCCC)OC(=O)CCCCCCCCCCCCCCCCCCCCCCC. The molecule has 0 saturated carbocycles. The van der Waals surface area contributed by atoms with E-state index in [2.05, 4.69) is 57.2 Å². The summed E-state index contributed by atoms with van der Waals surface area (Å²) in [4.78, 5) is 38.0. The third-order valence-corrected chi connectivity index (χ3v) is 13.4. The molecule has 0 aromatic rings. The predicted octanol–water partition coefficient (Wildman–Crippen LogP) is 20.0. The minimum absolute atomic E-state index is 0.0724. The van der Waals surface area contributed by atoms with E-state index in [1.165, 1.54) is 205 Å². The first kappa shape index (κ1) is 65.6. The fourth-order valence-corrected chi connectivity index (χ4v) is 8.86. The van der Waals surface area contributed by atoms with E-state index in [1.54, 1.807) is 0 Å². The summed E-state index contributed by atoms with van der Waals surface area (Å²) in [5, 5.41) is 0. The number of carbonyl (C=O) groups excluding carboxylic acids is 3. The number of carbonyl (C=O) groups is 3. The maximum absolute atomic E-state index is 12.8. The van der Waals surface area contributed by atoms with Crippen LogP contribution in [0, 0.1) is 0 Å². The van der Waals surface area contributed by atoms with Gasteiger partial charge < -0.3 is 14.2 Å². The maximum atomic E-state index is 12.8. The van der Waals surface area contributed by atoms with Gasteiger partial charge in [-0.2, -0.15) is 0 Å². The first-order chi connectivity index (χ1) is 33.5. The van der Waals surface area contributed by atoms with Gasteiger partial charge in [-0.25, -0.2) is 0 Å². The Morgan fingerprint density at radius 2 is 0.529 bits per heavy atom. The van der Waals surface area contributed by atoms with Crippen molar-refractivity contribution in [3.63, 3.8) is 0 Å². The van der Waals surface area contributed by atoms with Gasteiger partial charge in [-0.05, 0) is 57.8 Å². The van der Waals surface area contributed by atoms with Crippen LogP contribution < -0.4 is 0 Å². The summed E-state index contributed by atoms with van der Waals surface area (Å²) in [7, 11) is 0. The quantitative estimate of drug-likeness (QED) is 0.0262. The van der Waals surface area contributed by atoms with Crippen molar-refractivity contribution in [2.24, 2.45) is 0 Å². The van der Waals surface area contributed by atoms with E-state index in [0.717, 1.165) is 77.0 Å². The lowest BCUT2D eigenvalue weighted by atomic mass is 10.0. The van der Waals surface area contributed by atoms with Crippen LogP contribution in [-0.4, -0.2) is 37.2 Å². The molecule has 1 unspecified atom stereocenters. The average Bonchev–Trinajstić information content (AvgIpc) is 3.34. The molecule has 0 aromatic carbocycles. The Kier molecular flexibility index (Phi) is 55.2. The molecule has 0 aliphatic carbocycles. The lowest BCUT2D eigenvalue weighted by Gasteiger charge is -2.18. The molecule has 0 rings (SSSR count). The Bertz CT molecular complexity index is 1140. The van der Waals surface area contributed by atoms with Crippen LogP contribution in [0.1, 0.15) is 323 Å². The van der Waals surface area contributed by atoms with Gasteiger partial charge in [0.1, 0.15) is 13.2 Å².